The first kappa shape index (κ1) is 20.3. The molecule has 6 heteroatoms. The number of nitrogens with zero attached hydrogens (tertiary/aromatic N) is 2. The minimum absolute atomic E-state index is 0.124. The van der Waals surface area contributed by atoms with Crippen molar-refractivity contribution in [2.75, 3.05) is 12.0 Å². The molecule has 0 atom stereocenters. The molecule has 4 rings (SSSR count). The number of carbonyl (C=O) groups excluding carboxylic acids is 1. The Morgan fingerprint density at radius 2 is 1.90 bits per heavy atom. The first-order valence-electron chi connectivity index (χ1n) is 9.95. The van der Waals surface area contributed by atoms with Crippen molar-refractivity contribution < 1.29 is 9.53 Å². The van der Waals surface area contributed by atoms with Crippen LogP contribution in [0.4, 0.5) is 5.69 Å². The molecule has 0 aliphatic carbocycles. The molecule has 2 aromatic carbocycles. The number of carbonyl (C=O) groups is 1. The molecule has 2 heterocycles. The van der Waals surface area contributed by atoms with E-state index in [1.54, 1.807) is 48.5 Å². The Morgan fingerprint density at radius 1 is 1.06 bits per heavy atom. The summed E-state index contributed by atoms with van der Waals surface area (Å²) in [7, 11) is 1.60. The molecule has 0 radical (unpaired) electrons. The lowest BCUT2D eigenvalue weighted by molar-refractivity contribution is 0.0984. The summed E-state index contributed by atoms with van der Waals surface area (Å²) in [6.07, 6.45) is 3.16. The van der Waals surface area contributed by atoms with Crippen molar-refractivity contribution in [1.29, 1.82) is 0 Å². The zero-order valence-electron chi connectivity index (χ0n) is 17.7. The van der Waals surface area contributed by atoms with Gasteiger partial charge in [0.2, 0.25) is 0 Å². The Bertz CT molecular complexity index is 1310. The van der Waals surface area contributed by atoms with Crippen LogP contribution in [0, 0.1) is 13.8 Å². The molecule has 31 heavy (non-hydrogen) atoms. The van der Waals surface area contributed by atoms with Gasteiger partial charge in [-0.3, -0.25) is 14.6 Å². The Kier molecular flexibility index (Phi) is 5.54. The van der Waals surface area contributed by atoms with Crippen LogP contribution in [0.3, 0.4) is 0 Å². The van der Waals surface area contributed by atoms with Crippen LogP contribution in [-0.2, 0) is 6.54 Å². The summed E-state index contributed by atoms with van der Waals surface area (Å²) in [5.74, 6) is 0.476. The van der Waals surface area contributed by atoms with Gasteiger partial charge >= 0.3 is 0 Å². The number of anilines is 1. The Hall–Kier alpha value is -3.93. The molecule has 1 amide bonds. The van der Waals surface area contributed by atoms with Gasteiger partial charge in [0, 0.05) is 34.5 Å². The van der Waals surface area contributed by atoms with Crippen LogP contribution in [0.2, 0.25) is 0 Å². The number of aromatic amines is 1. The molecule has 156 valence electrons. The predicted octanol–water partition coefficient (Wildman–Crippen LogP) is 4.40. The van der Waals surface area contributed by atoms with Crippen LogP contribution < -0.4 is 15.2 Å². The Labute approximate surface area is 180 Å². The van der Waals surface area contributed by atoms with Gasteiger partial charge in [-0.2, -0.15) is 0 Å². The molecule has 0 aliphatic heterocycles. The number of aromatic nitrogens is 2. The molecular formula is C25H23N3O3. The number of amides is 1. The first-order chi connectivity index (χ1) is 15.0. The third kappa shape index (κ3) is 4.19. The van der Waals surface area contributed by atoms with Crippen molar-refractivity contribution in [2.45, 2.75) is 20.4 Å². The molecular weight excluding hydrogens is 390 g/mol. The van der Waals surface area contributed by atoms with Crippen LogP contribution in [-0.4, -0.2) is 23.0 Å². The van der Waals surface area contributed by atoms with Gasteiger partial charge in [0.1, 0.15) is 5.75 Å². The molecule has 0 saturated carbocycles. The van der Waals surface area contributed by atoms with Gasteiger partial charge in [-0.1, -0.05) is 6.07 Å². The normalized spacial score (nSPS) is 10.8. The molecule has 4 aromatic rings. The standard InChI is InChI=1S/C25H23N3O3/c1-16-6-7-21(11-17(16)2)28(25(30)18-5-4-10-26-14-18)15-20-12-19-13-22(31-3)8-9-23(19)27-24(20)29/h4-14H,15H2,1-3H3,(H,27,29). The second-order valence-electron chi connectivity index (χ2n) is 7.48. The first-order valence-corrected chi connectivity index (χ1v) is 9.95. The van der Waals surface area contributed by atoms with Gasteiger partial charge in [0.05, 0.1) is 19.2 Å². The highest BCUT2D eigenvalue weighted by Gasteiger charge is 2.20. The van der Waals surface area contributed by atoms with E-state index in [4.69, 9.17) is 4.74 Å². The van der Waals surface area contributed by atoms with E-state index in [0.717, 1.165) is 22.2 Å². The zero-order valence-corrected chi connectivity index (χ0v) is 17.7. The van der Waals surface area contributed by atoms with Gasteiger partial charge in [-0.25, -0.2) is 0 Å². The summed E-state index contributed by atoms with van der Waals surface area (Å²) >= 11 is 0. The average Bonchev–Trinajstić information content (AvgIpc) is 2.79. The van der Waals surface area contributed by atoms with E-state index in [9.17, 15) is 9.59 Å². The van der Waals surface area contributed by atoms with E-state index < -0.39 is 0 Å². The number of benzene rings is 2. The lowest BCUT2D eigenvalue weighted by Gasteiger charge is -2.24. The quantitative estimate of drug-likeness (QED) is 0.526. The largest absolute Gasteiger partial charge is 0.497 e. The minimum Gasteiger partial charge on any atom is -0.497 e. The molecule has 0 spiro atoms. The smallest absolute Gasteiger partial charge is 0.260 e. The minimum atomic E-state index is -0.231. The third-order valence-corrected chi connectivity index (χ3v) is 5.41. The maximum Gasteiger partial charge on any atom is 0.260 e. The number of nitrogens with one attached hydrogen (secondary N) is 1. The highest BCUT2D eigenvalue weighted by molar-refractivity contribution is 6.05. The van der Waals surface area contributed by atoms with Crippen molar-refractivity contribution in [2.24, 2.45) is 0 Å². The second-order valence-corrected chi connectivity index (χ2v) is 7.48. The summed E-state index contributed by atoms with van der Waals surface area (Å²) in [4.78, 5) is 34.8. The number of hydrogen-bond acceptors (Lipinski definition) is 4. The summed E-state index contributed by atoms with van der Waals surface area (Å²) < 4.78 is 5.30. The number of rotatable bonds is 5. The lowest BCUT2D eigenvalue weighted by atomic mass is 10.1. The van der Waals surface area contributed by atoms with Crippen molar-refractivity contribution in [3.05, 3.63) is 99.6 Å². The fraction of sp³-hybridized carbons (Fsp3) is 0.160. The summed E-state index contributed by atoms with van der Waals surface area (Å²) in [5.41, 5.74) is 4.35. The van der Waals surface area contributed by atoms with Crippen molar-refractivity contribution in [3.8, 4) is 5.75 Å². The maximum absolute atomic E-state index is 13.4. The fourth-order valence-electron chi connectivity index (χ4n) is 3.46. The SMILES string of the molecule is COc1ccc2[nH]c(=O)c(CN(C(=O)c3cccnc3)c3ccc(C)c(C)c3)cc2c1. The zero-order chi connectivity index (χ0) is 22.0. The van der Waals surface area contributed by atoms with E-state index in [2.05, 4.69) is 9.97 Å². The fourth-order valence-corrected chi connectivity index (χ4v) is 3.46. The van der Waals surface area contributed by atoms with Crippen LogP contribution >= 0.6 is 0 Å². The lowest BCUT2D eigenvalue weighted by Crippen LogP contribution is -2.33. The highest BCUT2D eigenvalue weighted by Crippen LogP contribution is 2.24. The van der Waals surface area contributed by atoms with E-state index in [0.29, 0.717) is 22.4 Å². The Morgan fingerprint density at radius 3 is 2.61 bits per heavy atom. The van der Waals surface area contributed by atoms with Gasteiger partial charge in [-0.05, 0) is 73.5 Å². The monoisotopic (exact) mass is 413 g/mol. The third-order valence-electron chi connectivity index (χ3n) is 5.41. The molecule has 6 nitrogen and oxygen atoms in total. The average molecular weight is 413 g/mol. The molecule has 0 unspecified atom stereocenters. The number of hydrogen-bond donors (Lipinski definition) is 1. The van der Waals surface area contributed by atoms with E-state index in [1.807, 2.05) is 38.1 Å². The highest BCUT2D eigenvalue weighted by atomic mass is 16.5. The number of fused-ring (bicyclic) bond motifs is 1. The molecule has 0 fully saturated rings. The number of methoxy groups -OCH3 is 1. The van der Waals surface area contributed by atoms with Gasteiger partial charge in [0.25, 0.3) is 11.5 Å². The number of H-pyrrole nitrogens is 1. The second kappa shape index (κ2) is 8.44. The number of pyridine rings is 2. The maximum atomic E-state index is 13.4. The summed E-state index contributed by atoms with van der Waals surface area (Å²) in [5, 5.41) is 0.836. The van der Waals surface area contributed by atoms with E-state index >= 15 is 0 Å². The van der Waals surface area contributed by atoms with Crippen LogP contribution in [0.1, 0.15) is 27.0 Å². The molecule has 0 saturated heterocycles. The van der Waals surface area contributed by atoms with Crippen LogP contribution in [0.5, 0.6) is 5.75 Å². The predicted molar refractivity (Wildman–Crippen MR) is 122 cm³/mol. The number of aryl methyl sites for hydroxylation is 2. The Balaban J connectivity index is 1.80. The molecule has 0 bridgehead atoms. The van der Waals surface area contributed by atoms with Crippen LogP contribution in [0.15, 0.2) is 71.8 Å². The van der Waals surface area contributed by atoms with Crippen LogP contribution in [0.25, 0.3) is 10.9 Å². The van der Waals surface area contributed by atoms with E-state index in [-0.39, 0.29) is 18.0 Å². The van der Waals surface area contributed by atoms with Crippen molar-refractivity contribution in [3.63, 3.8) is 0 Å². The van der Waals surface area contributed by atoms with Gasteiger partial charge < -0.3 is 14.6 Å². The summed E-state index contributed by atoms with van der Waals surface area (Å²) in [6, 6.07) is 16.5. The summed E-state index contributed by atoms with van der Waals surface area (Å²) in [6.45, 7) is 4.15. The van der Waals surface area contributed by atoms with Gasteiger partial charge in [-0.15, -0.1) is 0 Å². The molecule has 0 aliphatic rings. The van der Waals surface area contributed by atoms with Crippen molar-refractivity contribution in [1.82, 2.24) is 9.97 Å². The number of ether oxygens (including phenoxy) is 1. The van der Waals surface area contributed by atoms with E-state index in [1.165, 1.54) is 6.20 Å². The molecule has 2 aromatic heterocycles. The topological polar surface area (TPSA) is 75.3 Å². The van der Waals surface area contributed by atoms with Gasteiger partial charge in [0.15, 0.2) is 0 Å². The molecule has 1 N–H and O–H groups in total. The van der Waals surface area contributed by atoms with Crippen molar-refractivity contribution >= 4 is 22.5 Å².